The number of epoxide rings is 1. The molecule has 85 heavy (non-hydrogen) atoms. The second kappa shape index (κ2) is 46.0. The maximum absolute atomic E-state index is 9.25. The summed E-state index contributed by atoms with van der Waals surface area (Å²) >= 11 is -0.589. The smallest absolute Gasteiger partial charge is 0.181 e. The van der Waals surface area contributed by atoms with E-state index in [2.05, 4.69) is 113 Å². The van der Waals surface area contributed by atoms with Crippen molar-refractivity contribution in [3.8, 4) is 0 Å². The SMILES string of the molecule is COCCOCCOCCOCCN1I=C(/C=C/C=C/C=C/C=C2/N(CCOCCOCCOCCOCCC3OC3O)c3ccccc3C2(C)CCOCCOCCOCCOC)C(C)(CCOCCOCCOCCOC)c2ccccc21. The van der Waals surface area contributed by atoms with E-state index in [1.54, 1.807) is 21.3 Å². The normalized spacial score (nSPS) is 19.9. The number of ether oxygens (including phenoxy) is 17. The Labute approximate surface area is 517 Å². The Morgan fingerprint density at radius 3 is 1.27 bits per heavy atom. The molecule has 1 fully saturated rings. The molecule has 1 saturated heterocycles. The van der Waals surface area contributed by atoms with E-state index >= 15 is 0 Å². The van der Waals surface area contributed by atoms with Gasteiger partial charge in [0.05, 0.1) is 178 Å². The van der Waals surface area contributed by atoms with Crippen LogP contribution in [0.3, 0.4) is 0 Å². The van der Waals surface area contributed by atoms with Gasteiger partial charge in [-0.3, -0.25) is 0 Å². The van der Waals surface area contributed by atoms with Crippen molar-refractivity contribution in [2.75, 3.05) is 234 Å². The van der Waals surface area contributed by atoms with Crippen LogP contribution in [0, 0.1) is 0 Å². The maximum atomic E-state index is 9.25. The predicted molar refractivity (Wildman–Crippen MR) is 338 cm³/mol. The second-order valence-corrected chi connectivity index (χ2v) is 23.2. The van der Waals surface area contributed by atoms with Gasteiger partial charge in [-0.15, -0.1) is 0 Å². The van der Waals surface area contributed by atoms with Crippen molar-refractivity contribution >= 4 is 35.9 Å². The second-order valence-electron chi connectivity index (χ2n) is 20.3. The number of hydrogen-bond donors (Lipinski definition) is 1. The Hall–Kier alpha value is -3.12. The Morgan fingerprint density at radius 1 is 0.435 bits per heavy atom. The quantitative estimate of drug-likeness (QED) is 0.0230. The maximum Gasteiger partial charge on any atom is 0.181 e. The standard InChI is InChI=1S/C64H101IN2O18/c1-63(22-27-73-38-43-81-50-47-77-34-31-69-3)56-16-12-14-18-58(56)67(25-30-76-41-46-84-52-49-79-36-33-71-5)65-60(63)19-9-7-6-8-10-20-61-64(2,23-28-74-39-44-82-51-48-78-35-32-70-4)55-15-11-13-17-57(55)66(61)24-29-75-40-45-83-54-53-80-42-37-72-26-21-59-62(68)85-59/h6-20,59,62,68H,21-54H2,1-5H3/b7-6+,10-8+,19-9+,61-20+. The molecule has 1 N–H and O–H groups in total. The Bertz CT molecular complexity index is 2190. The molecule has 0 bridgehead atoms. The molecular weight excluding hydrogens is 1210 g/mol. The summed E-state index contributed by atoms with van der Waals surface area (Å²) in [6.45, 7) is 21.3. The molecule has 3 aliphatic heterocycles. The molecule has 0 aliphatic carbocycles. The number of aliphatic hydroxyl groups excluding tert-OH is 1. The highest BCUT2D eigenvalue weighted by atomic mass is 127. The van der Waals surface area contributed by atoms with Gasteiger partial charge >= 0.3 is 0 Å². The zero-order valence-corrected chi connectivity index (χ0v) is 53.7. The third-order valence-corrected chi connectivity index (χ3v) is 17.9. The van der Waals surface area contributed by atoms with Crippen LogP contribution in [0.2, 0.25) is 0 Å². The van der Waals surface area contributed by atoms with Gasteiger partial charge < -0.3 is 93.6 Å². The van der Waals surface area contributed by atoms with E-state index in [1.807, 2.05) is 0 Å². The number of halogens is 1. The lowest BCUT2D eigenvalue weighted by Gasteiger charge is -2.40. The number of allylic oxidation sites excluding steroid dienone is 8. The van der Waals surface area contributed by atoms with Crippen LogP contribution in [0.4, 0.5) is 11.4 Å². The van der Waals surface area contributed by atoms with Crippen LogP contribution in [0.25, 0.3) is 0 Å². The molecule has 0 aromatic heterocycles. The molecule has 20 nitrogen and oxygen atoms in total. The van der Waals surface area contributed by atoms with Gasteiger partial charge in [0.2, 0.25) is 0 Å². The molecule has 4 atom stereocenters. The third-order valence-electron chi connectivity index (χ3n) is 14.2. The first-order chi connectivity index (χ1) is 41.9. The molecular formula is C64H101IN2O18. The van der Waals surface area contributed by atoms with Crippen molar-refractivity contribution < 1.29 is 85.6 Å². The number of anilines is 2. The number of hydrogen-bond acceptors (Lipinski definition) is 20. The lowest BCUT2D eigenvalue weighted by molar-refractivity contribution is -0.00170. The van der Waals surface area contributed by atoms with E-state index in [9.17, 15) is 5.11 Å². The fourth-order valence-corrected chi connectivity index (χ4v) is 12.6. The molecule has 2 aromatic rings. The number of fused-ring (bicyclic) bond motifs is 2. The van der Waals surface area contributed by atoms with Gasteiger partial charge in [-0.25, -0.2) is 0 Å². The highest BCUT2D eigenvalue weighted by molar-refractivity contribution is 14.2. The predicted octanol–water partition coefficient (Wildman–Crippen LogP) is 7.20. The van der Waals surface area contributed by atoms with Crippen molar-refractivity contribution in [2.45, 2.75) is 56.3 Å². The molecule has 0 radical (unpaired) electrons. The zero-order chi connectivity index (χ0) is 60.1. The lowest BCUT2D eigenvalue weighted by Crippen LogP contribution is -2.38. The van der Waals surface area contributed by atoms with E-state index < -0.39 is 27.3 Å². The van der Waals surface area contributed by atoms with Crippen LogP contribution in [0.5, 0.6) is 0 Å². The molecule has 2 aromatic carbocycles. The monoisotopic (exact) mass is 1310 g/mol. The lowest BCUT2D eigenvalue weighted by atomic mass is 9.76. The number of benzene rings is 2. The van der Waals surface area contributed by atoms with Crippen LogP contribution in [0.1, 0.15) is 44.2 Å². The van der Waals surface area contributed by atoms with Crippen molar-refractivity contribution in [1.82, 2.24) is 0 Å². The van der Waals surface area contributed by atoms with E-state index in [0.717, 1.165) is 19.4 Å². The topological polar surface area (TPSA) is 187 Å². The van der Waals surface area contributed by atoms with Crippen molar-refractivity contribution in [3.05, 3.63) is 108 Å². The van der Waals surface area contributed by atoms with Crippen LogP contribution >= 0.6 is 21.0 Å². The highest BCUT2D eigenvalue weighted by Gasteiger charge is 2.43. The highest BCUT2D eigenvalue weighted by Crippen LogP contribution is 2.50. The van der Waals surface area contributed by atoms with Gasteiger partial charge in [0, 0.05) is 107 Å². The molecule has 0 spiro atoms. The first kappa shape index (κ1) is 72.6. The summed E-state index contributed by atoms with van der Waals surface area (Å²) in [6.07, 6.45) is 16.8. The molecule has 3 heterocycles. The fraction of sp³-hybridized carbons (Fsp3) is 0.672. The molecule has 5 rings (SSSR count). The van der Waals surface area contributed by atoms with Gasteiger partial charge in [-0.1, -0.05) is 79.8 Å². The van der Waals surface area contributed by atoms with Crippen LogP contribution in [-0.2, 0) is 91.4 Å². The molecule has 0 amide bonds. The fourth-order valence-electron chi connectivity index (χ4n) is 9.37. The number of para-hydroxylation sites is 2. The molecule has 482 valence electrons. The minimum Gasteiger partial charge on any atom is -0.382 e. The van der Waals surface area contributed by atoms with Crippen molar-refractivity contribution in [3.63, 3.8) is 0 Å². The summed E-state index contributed by atoms with van der Waals surface area (Å²) in [5, 5.41) is 9.25. The van der Waals surface area contributed by atoms with Crippen LogP contribution < -0.4 is 8.01 Å². The molecule has 21 heteroatoms. The minimum atomic E-state index is -0.631. The molecule has 0 saturated carbocycles. The Kier molecular flexibility index (Phi) is 39.3. The average molecular weight is 1310 g/mol. The largest absolute Gasteiger partial charge is 0.382 e. The summed E-state index contributed by atoms with van der Waals surface area (Å²) in [7, 11) is 4.99. The van der Waals surface area contributed by atoms with Crippen molar-refractivity contribution in [2.24, 2.45) is 0 Å². The third kappa shape index (κ3) is 28.5. The van der Waals surface area contributed by atoms with E-state index in [0.29, 0.717) is 205 Å². The van der Waals surface area contributed by atoms with Gasteiger partial charge in [0.15, 0.2) is 6.29 Å². The summed E-state index contributed by atoms with van der Waals surface area (Å²) in [5.41, 5.74) is 5.59. The first-order valence-corrected chi connectivity index (χ1v) is 32.2. The summed E-state index contributed by atoms with van der Waals surface area (Å²) in [5.74, 6) is 0. The summed E-state index contributed by atoms with van der Waals surface area (Å²) in [4.78, 5) is 2.39. The number of methoxy groups -OCH3 is 3. The number of aliphatic hydroxyl groups is 1. The van der Waals surface area contributed by atoms with Gasteiger partial charge in [-0.2, -0.15) is 0 Å². The summed E-state index contributed by atoms with van der Waals surface area (Å²) in [6, 6.07) is 17.4. The Balaban J connectivity index is 1.21. The first-order valence-electron chi connectivity index (χ1n) is 30.2. The number of nitrogens with zero attached hydrogens (tertiary/aromatic N) is 2. The van der Waals surface area contributed by atoms with Gasteiger partial charge in [0.1, 0.15) is 6.10 Å². The van der Waals surface area contributed by atoms with Gasteiger partial charge in [0.25, 0.3) is 0 Å². The molecule has 3 aliphatic rings. The molecule has 4 unspecified atom stereocenters. The summed E-state index contributed by atoms with van der Waals surface area (Å²) < 4.78 is 99.6. The van der Waals surface area contributed by atoms with E-state index in [4.69, 9.17) is 80.5 Å². The minimum absolute atomic E-state index is 0.0891. The zero-order valence-electron chi connectivity index (χ0n) is 51.5. The van der Waals surface area contributed by atoms with Crippen LogP contribution in [-0.4, -0.2) is 247 Å². The number of rotatable bonds is 55. The Morgan fingerprint density at radius 2 is 0.800 bits per heavy atom. The van der Waals surface area contributed by atoms with E-state index in [1.165, 1.54) is 31.7 Å². The van der Waals surface area contributed by atoms with Gasteiger partial charge in [-0.05, 0) is 49.1 Å². The van der Waals surface area contributed by atoms with Crippen LogP contribution in [0.15, 0.2) is 96.8 Å². The average Bonchev–Trinajstić information content (AvgIpc) is 3.81. The van der Waals surface area contributed by atoms with E-state index in [-0.39, 0.29) is 16.9 Å². The van der Waals surface area contributed by atoms with Crippen molar-refractivity contribution in [1.29, 1.82) is 0 Å².